The number of alkyl halides is 1. The Bertz CT molecular complexity index is 208. The van der Waals surface area contributed by atoms with Crippen molar-refractivity contribution in [1.29, 1.82) is 0 Å². The van der Waals surface area contributed by atoms with E-state index in [-0.39, 0.29) is 17.4 Å². The van der Waals surface area contributed by atoms with Crippen LogP contribution >= 0.6 is 11.6 Å². The highest BCUT2D eigenvalue weighted by Crippen LogP contribution is 2.31. The Labute approximate surface area is 97.8 Å². The topological polar surface area (TPSA) is 29.1 Å². The van der Waals surface area contributed by atoms with Gasteiger partial charge in [-0.15, -0.1) is 11.6 Å². The smallest absolute Gasteiger partial charge is 0.223 e. The second-order valence-corrected chi connectivity index (χ2v) is 4.89. The second-order valence-electron chi connectivity index (χ2n) is 4.62. The molecule has 2 nitrogen and oxygen atoms in total. The lowest BCUT2D eigenvalue weighted by molar-refractivity contribution is -0.126. The lowest BCUT2D eigenvalue weighted by atomic mass is 9.96. The first-order valence-electron chi connectivity index (χ1n) is 6.05. The fraction of sp³-hybridized carbons (Fsp3) is 0.917. The van der Waals surface area contributed by atoms with E-state index in [9.17, 15) is 4.79 Å². The van der Waals surface area contributed by atoms with Gasteiger partial charge in [0.1, 0.15) is 0 Å². The van der Waals surface area contributed by atoms with Crippen LogP contribution in [0.5, 0.6) is 0 Å². The first-order valence-corrected chi connectivity index (χ1v) is 6.59. The average molecular weight is 232 g/mol. The molecule has 0 aliphatic heterocycles. The summed E-state index contributed by atoms with van der Waals surface area (Å²) in [7, 11) is 0. The van der Waals surface area contributed by atoms with Gasteiger partial charge in [-0.05, 0) is 25.7 Å². The third kappa shape index (κ3) is 3.10. The molecule has 1 N–H and O–H groups in total. The van der Waals surface area contributed by atoms with Gasteiger partial charge in [0.2, 0.25) is 5.91 Å². The fourth-order valence-corrected chi connectivity index (χ4v) is 2.70. The Morgan fingerprint density at radius 3 is 2.27 bits per heavy atom. The van der Waals surface area contributed by atoms with E-state index in [1.807, 2.05) is 0 Å². The van der Waals surface area contributed by atoms with Crippen LogP contribution in [0.15, 0.2) is 0 Å². The molecule has 1 aliphatic rings. The van der Waals surface area contributed by atoms with Crippen LogP contribution in [-0.4, -0.2) is 17.3 Å². The molecule has 1 fully saturated rings. The van der Waals surface area contributed by atoms with Crippen molar-refractivity contribution in [2.75, 3.05) is 5.88 Å². The van der Waals surface area contributed by atoms with Crippen molar-refractivity contribution in [2.24, 2.45) is 5.92 Å². The molecule has 3 heteroatoms. The Kier molecular flexibility index (Phi) is 4.91. The van der Waals surface area contributed by atoms with E-state index < -0.39 is 0 Å². The second kappa shape index (κ2) is 5.74. The zero-order valence-corrected chi connectivity index (χ0v) is 10.6. The average Bonchev–Trinajstić information content (AvgIpc) is 2.69. The summed E-state index contributed by atoms with van der Waals surface area (Å²) < 4.78 is 0. The molecule has 88 valence electrons. The van der Waals surface area contributed by atoms with Crippen molar-refractivity contribution in [1.82, 2.24) is 5.32 Å². The minimum atomic E-state index is -0.0960. The maximum absolute atomic E-state index is 12.0. The minimum absolute atomic E-state index is 0.0960. The zero-order chi connectivity index (χ0) is 11.3. The number of carbonyl (C=O) groups excluding carboxylic acids is 1. The van der Waals surface area contributed by atoms with Crippen LogP contribution in [0.2, 0.25) is 0 Å². The molecular weight excluding hydrogens is 210 g/mol. The highest BCUT2D eigenvalue weighted by atomic mass is 35.5. The molecule has 1 aliphatic carbocycles. The fourth-order valence-electron chi connectivity index (χ4n) is 2.37. The lowest BCUT2D eigenvalue weighted by Gasteiger charge is -2.29. The number of nitrogens with one attached hydrogen (secondary N) is 1. The first kappa shape index (κ1) is 12.8. The van der Waals surface area contributed by atoms with Gasteiger partial charge in [0.15, 0.2) is 0 Å². The maximum Gasteiger partial charge on any atom is 0.223 e. The van der Waals surface area contributed by atoms with E-state index in [1.54, 1.807) is 0 Å². The summed E-state index contributed by atoms with van der Waals surface area (Å²) in [6.45, 7) is 4.13. The third-order valence-corrected chi connectivity index (χ3v) is 4.07. The summed E-state index contributed by atoms with van der Waals surface area (Å²) in [6, 6.07) is 0. The normalized spacial score (nSPS) is 19.5. The Balaban J connectivity index is 2.54. The molecule has 0 heterocycles. The van der Waals surface area contributed by atoms with Crippen LogP contribution in [0.25, 0.3) is 0 Å². The highest BCUT2D eigenvalue weighted by molar-refractivity contribution is 6.18. The van der Waals surface area contributed by atoms with Gasteiger partial charge in [0, 0.05) is 11.8 Å². The van der Waals surface area contributed by atoms with Gasteiger partial charge < -0.3 is 5.32 Å². The van der Waals surface area contributed by atoms with E-state index in [1.165, 1.54) is 12.8 Å². The molecule has 0 radical (unpaired) electrons. The highest BCUT2D eigenvalue weighted by Gasteiger charge is 2.35. The molecule has 1 amide bonds. The summed E-state index contributed by atoms with van der Waals surface area (Å²) in [5, 5.41) is 3.17. The number of amides is 1. The first-order chi connectivity index (χ1) is 7.17. The molecule has 0 unspecified atom stereocenters. The van der Waals surface area contributed by atoms with Crippen molar-refractivity contribution >= 4 is 17.5 Å². The third-order valence-electron chi connectivity index (χ3n) is 3.56. The van der Waals surface area contributed by atoms with Crippen LogP contribution in [0, 0.1) is 5.92 Å². The van der Waals surface area contributed by atoms with Gasteiger partial charge in [-0.25, -0.2) is 0 Å². The molecule has 0 aromatic carbocycles. The summed E-state index contributed by atoms with van der Waals surface area (Å²) >= 11 is 5.99. The number of rotatable bonds is 5. The number of hydrogen-bond acceptors (Lipinski definition) is 1. The lowest BCUT2D eigenvalue weighted by Crippen LogP contribution is -2.49. The monoisotopic (exact) mass is 231 g/mol. The van der Waals surface area contributed by atoms with Crippen LogP contribution in [0.4, 0.5) is 0 Å². The molecule has 0 atom stereocenters. The summed E-state index contributed by atoms with van der Waals surface area (Å²) in [5.74, 6) is 0.909. The Morgan fingerprint density at radius 1 is 1.33 bits per heavy atom. The molecule has 1 rings (SSSR count). The van der Waals surface area contributed by atoms with Crippen LogP contribution in [0.3, 0.4) is 0 Å². The largest absolute Gasteiger partial charge is 0.349 e. The van der Waals surface area contributed by atoms with Crippen molar-refractivity contribution in [3.8, 4) is 0 Å². The molecule has 1 saturated carbocycles. The summed E-state index contributed by atoms with van der Waals surface area (Å²) in [5.41, 5.74) is -0.0960. The molecule has 0 spiro atoms. The van der Waals surface area contributed by atoms with Crippen LogP contribution < -0.4 is 5.32 Å². The Morgan fingerprint density at radius 2 is 1.87 bits per heavy atom. The molecule has 0 bridgehead atoms. The van der Waals surface area contributed by atoms with Crippen molar-refractivity contribution < 1.29 is 4.79 Å². The number of halogens is 1. The standard InChI is InChI=1S/C12H22ClNO/c1-3-10(4-2)11(15)14-12(9-13)7-5-6-8-12/h10H,3-9H2,1-2H3,(H,14,15). The van der Waals surface area contributed by atoms with E-state index in [0.29, 0.717) is 5.88 Å². The van der Waals surface area contributed by atoms with Gasteiger partial charge in [-0.1, -0.05) is 26.7 Å². The van der Waals surface area contributed by atoms with Gasteiger partial charge in [0.25, 0.3) is 0 Å². The molecular formula is C12H22ClNO. The van der Waals surface area contributed by atoms with Gasteiger partial charge >= 0.3 is 0 Å². The predicted molar refractivity (Wildman–Crippen MR) is 64.1 cm³/mol. The SMILES string of the molecule is CCC(CC)C(=O)NC1(CCl)CCCC1. The van der Waals surface area contributed by atoms with Crippen molar-refractivity contribution in [3.05, 3.63) is 0 Å². The Hall–Kier alpha value is -0.240. The van der Waals surface area contributed by atoms with Crippen molar-refractivity contribution in [2.45, 2.75) is 57.9 Å². The van der Waals surface area contributed by atoms with E-state index >= 15 is 0 Å². The minimum Gasteiger partial charge on any atom is -0.349 e. The van der Waals surface area contributed by atoms with E-state index in [2.05, 4.69) is 19.2 Å². The maximum atomic E-state index is 12.0. The van der Waals surface area contributed by atoms with E-state index in [0.717, 1.165) is 25.7 Å². The van der Waals surface area contributed by atoms with Crippen molar-refractivity contribution in [3.63, 3.8) is 0 Å². The number of carbonyl (C=O) groups is 1. The zero-order valence-electron chi connectivity index (χ0n) is 9.81. The molecule has 15 heavy (non-hydrogen) atoms. The van der Waals surface area contributed by atoms with Crippen LogP contribution in [-0.2, 0) is 4.79 Å². The molecule has 0 aromatic heterocycles. The van der Waals surface area contributed by atoms with Gasteiger partial charge in [-0.3, -0.25) is 4.79 Å². The summed E-state index contributed by atoms with van der Waals surface area (Å²) in [6.07, 6.45) is 6.30. The molecule has 0 saturated heterocycles. The predicted octanol–water partition coefficient (Wildman–Crippen LogP) is 3.09. The van der Waals surface area contributed by atoms with Crippen LogP contribution in [0.1, 0.15) is 52.4 Å². The quantitative estimate of drug-likeness (QED) is 0.724. The molecule has 0 aromatic rings. The van der Waals surface area contributed by atoms with Gasteiger partial charge in [-0.2, -0.15) is 0 Å². The summed E-state index contributed by atoms with van der Waals surface area (Å²) in [4.78, 5) is 12.0. The van der Waals surface area contributed by atoms with E-state index in [4.69, 9.17) is 11.6 Å². The number of hydrogen-bond donors (Lipinski definition) is 1. The van der Waals surface area contributed by atoms with Gasteiger partial charge in [0.05, 0.1) is 5.54 Å².